The van der Waals surface area contributed by atoms with Crippen molar-refractivity contribution in [2.24, 2.45) is 11.1 Å². The number of thiocarbonyl (C=S) groups is 1. The highest BCUT2D eigenvalue weighted by molar-refractivity contribution is 7.80. The topological polar surface area (TPSA) is 46.3 Å². The van der Waals surface area contributed by atoms with Gasteiger partial charge in [0.1, 0.15) is 5.82 Å². The average Bonchev–Trinajstić information content (AvgIpc) is 2.88. The minimum atomic E-state index is -0.697. The third kappa shape index (κ3) is 2.82. The van der Waals surface area contributed by atoms with E-state index in [4.69, 9.17) is 18.0 Å². The Bertz CT molecular complexity index is 526. The molecule has 2 N–H and O–H groups in total. The summed E-state index contributed by atoms with van der Waals surface area (Å²) in [6.45, 7) is 0.362. The van der Waals surface area contributed by atoms with Crippen molar-refractivity contribution in [3.63, 3.8) is 0 Å². The second kappa shape index (κ2) is 5.87. The van der Waals surface area contributed by atoms with Crippen LogP contribution in [-0.2, 0) is 11.3 Å². The van der Waals surface area contributed by atoms with Crippen molar-refractivity contribution in [2.45, 2.75) is 32.2 Å². The predicted molar refractivity (Wildman–Crippen MR) is 80.6 cm³/mol. The molecule has 0 aliphatic heterocycles. The summed E-state index contributed by atoms with van der Waals surface area (Å²) in [5.41, 5.74) is 5.88. The molecule has 5 heteroatoms. The van der Waals surface area contributed by atoms with Gasteiger partial charge < -0.3 is 10.6 Å². The Balaban J connectivity index is 2.14. The van der Waals surface area contributed by atoms with Crippen molar-refractivity contribution in [1.82, 2.24) is 4.90 Å². The number of benzene rings is 1. The highest BCUT2D eigenvalue weighted by Crippen LogP contribution is 2.40. The number of nitrogens with two attached hydrogens (primary N) is 1. The number of nitrogens with zero attached hydrogens (tertiary/aromatic N) is 1. The Morgan fingerprint density at radius 1 is 1.45 bits per heavy atom. The van der Waals surface area contributed by atoms with E-state index in [1.54, 1.807) is 24.1 Å². The van der Waals surface area contributed by atoms with Crippen LogP contribution in [0, 0.1) is 11.2 Å². The monoisotopic (exact) mass is 294 g/mol. The van der Waals surface area contributed by atoms with E-state index in [0.717, 1.165) is 18.4 Å². The SMILES string of the molecule is CN(Cc1cccc(F)c1)C(=O)C1(C(N)=S)CCCC1. The zero-order valence-electron chi connectivity index (χ0n) is 11.6. The highest BCUT2D eigenvalue weighted by atomic mass is 32.1. The van der Waals surface area contributed by atoms with Gasteiger partial charge >= 0.3 is 0 Å². The number of carbonyl (C=O) groups excluding carboxylic acids is 1. The van der Waals surface area contributed by atoms with E-state index in [1.807, 2.05) is 0 Å². The second-order valence-corrected chi connectivity index (χ2v) is 5.88. The van der Waals surface area contributed by atoms with Crippen molar-refractivity contribution in [3.8, 4) is 0 Å². The maximum absolute atomic E-state index is 13.2. The lowest BCUT2D eigenvalue weighted by molar-refractivity contribution is -0.137. The number of hydrogen-bond donors (Lipinski definition) is 1. The highest BCUT2D eigenvalue weighted by Gasteiger charge is 2.45. The van der Waals surface area contributed by atoms with E-state index in [2.05, 4.69) is 0 Å². The molecule has 0 aromatic heterocycles. The van der Waals surface area contributed by atoms with Crippen LogP contribution in [0.25, 0.3) is 0 Å². The fourth-order valence-electron chi connectivity index (χ4n) is 2.89. The second-order valence-electron chi connectivity index (χ2n) is 5.44. The van der Waals surface area contributed by atoms with Crippen LogP contribution < -0.4 is 5.73 Å². The molecule has 108 valence electrons. The third-order valence-electron chi connectivity index (χ3n) is 3.99. The van der Waals surface area contributed by atoms with Crippen molar-refractivity contribution in [2.75, 3.05) is 7.05 Å². The largest absolute Gasteiger partial charge is 0.392 e. The number of carbonyl (C=O) groups is 1. The number of hydrogen-bond acceptors (Lipinski definition) is 2. The molecule has 0 atom stereocenters. The lowest BCUT2D eigenvalue weighted by atomic mass is 9.84. The summed E-state index contributed by atoms with van der Waals surface area (Å²) in [7, 11) is 1.71. The number of halogens is 1. The van der Waals surface area contributed by atoms with Crippen molar-refractivity contribution in [1.29, 1.82) is 0 Å². The molecule has 2 rings (SSSR count). The first-order valence-corrected chi connectivity index (χ1v) is 7.16. The smallest absolute Gasteiger partial charge is 0.235 e. The predicted octanol–water partition coefficient (Wildman–Crippen LogP) is 2.63. The molecule has 1 aromatic rings. The Kier molecular flexibility index (Phi) is 4.38. The molecular formula is C15H19FN2OS. The number of rotatable bonds is 4. The van der Waals surface area contributed by atoms with Crippen LogP contribution in [0.1, 0.15) is 31.2 Å². The lowest BCUT2D eigenvalue weighted by Crippen LogP contribution is -2.47. The zero-order valence-corrected chi connectivity index (χ0v) is 12.4. The van der Waals surface area contributed by atoms with Gasteiger partial charge in [-0.15, -0.1) is 0 Å². The quantitative estimate of drug-likeness (QED) is 0.868. The Hall–Kier alpha value is -1.49. The molecule has 1 saturated carbocycles. The van der Waals surface area contributed by atoms with E-state index >= 15 is 0 Å². The van der Waals surface area contributed by atoms with Gasteiger partial charge in [-0.05, 0) is 30.5 Å². The van der Waals surface area contributed by atoms with Gasteiger partial charge in [-0.2, -0.15) is 0 Å². The maximum atomic E-state index is 13.2. The maximum Gasteiger partial charge on any atom is 0.235 e. The minimum Gasteiger partial charge on any atom is -0.392 e. The van der Waals surface area contributed by atoms with Gasteiger partial charge in [0, 0.05) is 13.6 Å². The summed E-state index contributed by atoms with van der Waals surface area (Å²) in [6.07, 6.45) is 3.37. The summed E-state index contributed by atoms with van der Waals surface area (Å²) in [6, 6.07) is 6.27. The van der Waals surface area contributed by atoms with E-state index in [1.165, 1.54) is 12.1 Å². The fraction of sp³-hybridized carbons (Fsp3) is 0.467. The van der Waals surface area contributed by atoms with Gasteiger partial charge in [0.25, 0.3) is 0 Å². The molecule has 20 heavy (non-hydrogen) atoms. The summed E-state index contributed by atoms with van der Waals surface area (Å²) < 4.78 is 13.2. The van der Waals surface area contributed by atoms with Crippen LogP contribution in [-0.4, -0.2) is 22.8 Å². The molecule has 0 bridgehead atoms. The molecule has 0 radical (unpaired) electrons. The van der Waals surface area contributed by atoms with Gasteiger partial charge in [0.15, 0.2) is 0 Å². The zero-order chi connectivity index (χ0) is 14.8. The molecular weight excluding hydrogens is 275 g/mol. The molecule has 0 heterocycles. The molecule has 1 aliphatic rings. The van der Waals surface area contributed by atoms with E-state index < -0.39 is 5.41 Å². The summed E-state index contributed by atoms with van der Waals surface area (Å²) >= 11 is 5.12. The molecule has 1 aliphatic carbocycles. The molecule has 1 fully saturated rings. The van der Waals surface area contributed by atoms with Crippen LogP contribution in [0.3, 0.4) is 0 Å². The molecule has 1 aromatic carbocycles. The first-order valence-electron chi connectivity index (χ1n) is 6.75. The van der Waals surface area contributed by atoms with Crippen LogP contribution in [0.2, 0.25) is 0 Å². The molecule has 1 amide bonds. The summed E-state index contributed by atoms with van der Waals surface area (Å²) in [5, 5.41) is 0. The van der Waals surface area contributed by atoms with Gasteiger partial charge in [0.2, 0.25) is 5.91 Å². The van der Waals surface area contributed by atoms with Crippen molar-refractivity contribution < 1.29 is 9.18 Å². The van der Waals surface area contributed by atoms with Gasteiger partial charge in [-0.3, -0.25) is 4.79 Å². The fourth-order valence-corrected chi connectivity index (χ4v) is 3.18. The van der Waals surface area contributed by atoms with Gasteiger partial charge in [-0.25, -0.2) is 4.39 Å². The van der Waals surface area contributed by atoms with Crippen LogP contribution >= 0.6 is 12.2 Å². The van der Waals surface area contributed by atoms with Crippen LogP contribution in [0.15, 0.2) is 24.3 Å². The molecule has 0 unspecified atom stereocenters. The van der Waals surface area contributed by atoms with Crippen molar-refractivity contribution >= 4 is 23.1 Å². The Morgan fingerprint density at radius 3 is 2.65 bits per heavy atom. The number of amides is 1. The van der Waals surface area contributed by atoms with Crippen LogP contribution in [0.5, 0.6) is 0 Å². The third-order valence-corrected chi connectivity index (χ3v) is 4.38. The summed E-state index contributed by atoms with van der Waals surface area (Å²) in [5.74, 6) is -0.347. The van der Waals surface area contributed by atoms with Crippen LogP contribution in [0.4, 0.5) is 4.39 Å². The normalized spacial score (nSPS) is 16.9. The average molecular weight is 294 g/mol. The summed E-state index contributed by atoms with van der Waals surface area (Å²) in [4.78, 5) is 14.5. The molecule has 3 nitrogen and oxygen atoms in total. The molecule has 0 spiro atoms. The first-order chi connectivity index (χ1) is 9.45. The van der Waals surface area contributed by atoms with E-state index in [-0.39, 0.29) is 16.7 Å². The van der Waals surface area contributed by atoms with E-state index in [9.17, 15) is 9.18 Å². The van der Waals surface area contributed by atoms with Crippen molar-refractivity contribution in [3.05, 3.63) is 35.6 Å². The lowest BCUT2D eigenvalue weighted by Gasteiger charge is -2.31. The Labute approximate surface area is 123 Å². The first kappa shape index (κ1) is 14.9. The van der Waals surface area contributed by atoms with Gasteiger partial charge in [-0.1, -0.05) is 37.2 Å². The van der Waals surface area contributed by atoms with E-state index in [0.29, 0.717) is 19.4 Å². The Morgan fingerprint density at radius 2 is 2.10 bits per heavy atom. The standard InChI is InChI=1S/C15H19FN2OS/c1-18(10-11-5-4-6-12(16)9-11)14(19)15(13(17)20)7-2-3-8-15/h4-6,9H,2-3,7-8,10H2,1H3,(H2,17,20). The molecule has 0 saturated heterocycles. The van der Waals surface area contributed by atoms with Gasteiger partial charge in [0.05, 0.1) is 10.4 Å². The minimum absolute atomic E-state index is 0.0493.